The van der Waals surface area contributed by atoms with Crippen LogP contribution in [0.1, 0.15) is 32.6 Å². The average Bonchev–Trinajstić information content (AvgIpc) is 3.21. The third-order valence-corrected chi connectivity index (χ3v) is 4.19. The fourth-order valence-corrected chi connectivity index (χ4v) is 2.93. The van der Waals surface area contributed by atoms with Gasteiger partial charge in [-0.25, -0.2) is 0 Å². The molecule has 2 rings (SSSR count). The predicted octanol–water partition coefficient (Wildman–Crippen LogP) is 0.849. The number of nitrogens with one attached hydrogen (secondary N) is 1. The second-order valence-electron chi connectivity index (χ2n) is 5.76. The van der Waals surface area contributed by atoms with Gasteiger partial charge >= 0.3 is 0 Å². The van der Waals surface area contributed by atoms with Crippen molar-refractivity contribution in [3.05, 3.63) is 0 Å². The molecule has 2 N–H and O–H groups in total. The smallest absolute Gasteiger partial charge is 0.0628 e. The Kier molecular flexibility index (Phi) is 5.42. The molecule has 0 radical (unpaired) electrons. The molecule has 2 aliphatic rings. The van der Waals surface area contributed by atoms with E-state index in [1.807, 2.05) is 0 Å². The molecule has 1 atom stereocenters. The highest BCUT2D eigenvalue weighted by atomic mass is 16.5. The first kappa shape index (κ1) is 14.3. The van der Waals surface area contributed by atoms with Crippen LogP contribution in [-0.4, -0.2) is 61.5 Å². The highest BCUT2D eigenvalue weighted by Crippen LogP contribution is 2.40. The van der Waals surface area contributed by atoms with E-state index in [2.05, 4.69) is 17.1 Å². The van der Waals surface area contributed by atoms with Crippen molar-refractivity contribution in [2.75, 3.05) is 46.0 Å². The van der Waals surface area contributed by atoms with Gasteiger partial charge in [0.1, 0.15) is 0 Å². The minimum absolute atomic E-state index is 0.0691. The number of hydrogen-bond donors (Lipinski definition) is 2. The van der Waals surface area contributed by atoms with Crippen molar-refractivity contribution >= 4 is 0 Å². The minimum Gasteiger partial charge on any atom is -0.394 e. The van der Waals surface area contributed by atoms with Crippen LogP contribution in [0.15, 0.2) is 0 Å². The second kappa shape index (κ2) is 6.85. The first-order chi connectivity index (χ1) is 8.80. The zero-order chi connectivity index (χ0) is 12.8. The number of aliphatic hydroxyl groups is 1. The van der Waals surface area contributed by atoms with Crippen LogP contribution in [0.3, 0.4) is 0 Å². The normalized spacial score (nSPS) is 25.7. The molecule has 18 heavy (non-hydrogen) atoms. The van der Waals surface area contributed by atoms with Crippen LogP contribution in [0.5, 0.6) is 0 Å². The summed E-state index contributed by atoms with van der Waals surface area (Å²) in [4.78, 5) is 2.46. The maximum atomic E-state index is 9.89. The van der Waals surface area contributed by atoms with E-state index < -0.39 is 0 Å². The Labute approximate surface area is 111 Å². The van der Waals surface area contributed by atoms with Gasteiger partial charge in [0.15, 0.2) is 0 Å². The van der Waals surface area contributed by atoms with E-state index in [4.69, 9.17) is 4.74 Å². The van der Waals surface area contributed by atoms with E-state index in [0.29, 0.717) is 5.92 Å². The molecule has 1 saturated carbocycles. The molecule has 4 heteroatoms. The molecule has 0 aromatic carbocycles. The lowest BCUT2D eigenvalue weighted by atomic mass is 9.92. The lowest BCUT2D eigenvalue weighted by molar-refractivity contribution is 0.0856. The van der Waals surface area contributed by atoms with Crippen LogP contribution in [0, 0.1) is 5.92 Å². The Morgan fingerprint density at radius 3 is 2.83 bits per heavy atom. The van der Waals surface area contributed by atoms with Gasteiger partial charge in [0.2, 0.25) is 0 Å². The number of aliphatic hydroxyl groups excluding tert-OH is 1. The van der Waals surface area contributed by atoms with Gasteiger partial charge < -0.3 is 15.2 Å². The summed E-state index contributed by atoms with van der Waals surface area (Å²) in [6, 6.07) is 0. The van der Waals surface area contributed by atoms with Crippen LogP contribution >= 0.6 is 0 Å². The quantitative estimate of drug-likeness (QED) is 0.709. The molecule has 1 saturated heterocycles. The summed E-state index contributed by atoms with van der Waals surface area (Å²) in [6.45, 7) is 8.23. The largest absolute Gasteiger partial charge is 0.394 e. The van der Waals surface area contributed by atoms with Crippen LogP contribution in [0.25, 0.3) is 0 Å². The van der Waals surface area contributed by atoms with Crippen molar-refractivity contribution in [1.29, 1.82) is 0 Å². The third-order valence-electron chi connectivity index (χ3n) is 4.19. The first-order valence-electron chi connectivity index (χ1n) is 7.47. The highest BCUT2D eigenvalue weighted by molar-refractivity contribution is 5.02. The summed E-state index contributed by atoms with van der Waals surface area (Å²) in [5.41, 5.74) is -0.0691. The van der Waals surface area contributed by atoms with Gasteiger partial charge in [-0.3, -0.25) is 4.90 Å². The molecular formula is C14H28N2O2. The van der Waals surface area contributed by atoms with Crippen molar-refractivity contribution in [2.24, 2.45) is 5.92 Å². The van der Waals surface area contributed by atoms with E-state index >= 15 is 0 Å². The van der Waals surface area contributed by atoms with Crippen LogP contribution in [0.4, 0.5) is 0 Å². The molecule has 0 bridgehead atoms. The molecule has 1 heterocycles. The van der Waals surface area contributed by atoms with Crippen LogP contribution < -0.4 is 5.32 Å². The third kappa shape index (κ3) is 3.67. The summed E-state index contributed by atoms with van der Waals surface area (Å²) in [6.07, 6.45) is 4.76. The standard InChI is InChI=1S/C14H28N2O2/c1-2-6-15-14(12-17,13-4-5-13)11-16-7-3-9-18-10-8-16/h13,15,17H,2-12H2,1H3. The van der Waals surface area contributed by atoms with E-state index in [1.165, 1.54) is 12.8 Å². The number of nitrogens with zero attached hydrogens (tertiary/aromatic N) is 1. The predicted molar refractivity (Wildman–Crippen MR) is 72.7 cm³/mol. The molecule has 0 spiro atoms. The lowest BCUT2D eigenvalue weighted by Gasteiger charge is -2.38. The Balaban J connectivity index is 1.94. The minimum atomic E-state index is -0.0691. The Morgan fingerprint density at radius 1 is 1.33 bits per heavy atom. The fourth-order valence-electron chi connectivity index (χ4n) is 2.93. The zero-order valence-corrected chi connectivity index (χ0v) is 11.7. The molecule has 1 aliphatic carbocycles. The molecule has 0 amide bonds. The van der Waals surface area contributed by atoms with Gasteiger partial charge in [-0.2, -0.15) is 0 Å². The zero-order valence-electron chi connectivity index (χ0n) is 11.7. The summed E-state index contributed by atoms with van der Waals surface area (Å²) in [5.74, 6) is 0.665. The Bertz CT molecular complexity index is 238. The monoisotopic (exact) mass is 256 g/mol. The average molecular weight is 256 g/mol. The van der Waals surface area contributed by atoms with Crippen molar-refractivity contribution in [3.8, 4) is 0 Å². The molecular weight excluding hydrogens is 228 g/mol. The second-order valence-corrected chi connectivity index (χ2v) is 5.76. The molecule has 1 aliphatic heterocycles. The molecule has 0 aromatic heterocycles. The summed E-state index contributed by atoms with van der Waals surface area (Å²) < 4.78 is 5.51. The maximum absolute atomic E-state index is 9.89. The maximum Gasteiger partial charge on any atom is 0.0628 e. The fraction of sp³-hybridized carbons (Fsp3) is 1.00. The molecule has 1 unspecified atom stereocenters. The summed E-state index contributed by atoms with van der Waals surface area (Å²) in [5, 5.41) is 13.5. The molecule has 0 aromatic rings. The SMILES string of the molecule is CCCNC(CO)(CN1CCCOCC1)C1CC1. The molecule has 4 nitrogen and oxygen atoms in total. The number of ether oxygens (including phenoxy) is 1. The van der Waals surface area contributed by atoms with E-state index in [-0.39, 0.29) is 12.1 Å². The van der Waals surface area contributed by atoms with Gasteiger partial charge in [0.05, 0.1) is 18.8 Å². The highest BCUT2D eigenvalue weighted by Gasteiger charge is 2.45. The molecule has 106 valence electrons. The van der Waals surface area contributed by atoms with Crippen LogP contribution in [0.2, 0.25) is 0 Å². The van der Waals surface area contributed by atoms with Crippen molar-refractivity contribution in [1.82, 2.24) is 10.2 Å². The molecule has 2 fully saturated rings. The topological polar surface area (TPSA) is 44.7 Å². The van der Waals surface area contributed by atoms with E-state index in [1.54, 1.807) is 0 Å². The first-order valence-corrected chi connectivity index (χ1v) is 7.47. The van der Waals surface area contributed by atoms with Gasteiger partial charge in [-0.05, 0) is 38.1 Å². The van der Waals surface area contributed by atoms with E-state index in [9.17, 15) is 5.11 Å². The van der Waals surface area contributed by atoms with Crippen molar-refractivity contribution < 1.29 is 9.84 Å². The van der Waals surface area contributed by atoms with Gasteiger partial charge in [-0.1, -0.05) is 6.92 Å². The van der Waals surface area contributed by atoms with Gasteiger partial charge in [-0.15, -0.1) is 0 Å². The lowest BCUT2D eigenvalue weighted by Crippen LogP contribution is -2.58. The Hall–Kier alpha value is -0.160. The van der Waals surface area contributed by atoms with E-state index in [0.717, 1.165) is 52.2 Å². The summed E-state index contributed by atoms with van der Waals surface area (Å²) in [7, 11) is 0. The number of hydrogen-bond acceptors (Lipinski definition) is 4. The summed E-state index contributed by atoms with van der Waals surface area (Å²) >= 11 is 0. The number of rotatable bonds is 7. The van der Waals surface area contributed by atoms with Gasteiger partial charge in [0.25, 0.3) is 0 Å². The Morgan fingerprint density at radius 2 is 2.17 bits per heavy atom. The van der Waals surface area contributed by atoms with Crippen molar-refractivity contribution in [2.45, 2.75) is 38.1 Å². The van der Waals surface area contributed by atoms with Crippen molar-refractivity contribution in [3.63, 3.8) is 0 Å². The van der Waals surface area contributed by atoms with Gasteiger partial charge in [0, 0.05) is 26.2 Å². The van der Waals surface area contributed by atoms with Crippen LogP contribution in [-0.2, 0) is 4.74 Å².